The lowest BCUT2D eigenvalue weighted by Crippen LogP contribution is -2.17. The molecule has 0 fully saturated rings. The summed E-state index contributed by atoms with van der Waals surface area (Å²) in [5, 5.41) is 8.66. The van der Waals surface area contributed by atoms with Gasteiger partial charge in [0.2, 0.25) is 0 Å². The van der Waals surface area contributed by atoms with E-state index in [9.17, 15) is 9.18 Å². The van der Waals surface area contributed by atoms with Crippen LogP contribution in [0.3, 0.4) is 0 Å². The van der Waals surface area contributed by atoms with E-state index in [2.05, 4.69) is 4.98 Å². The van der Waals surface area contributed by atoms with E-state index in [0.717, 1.165) is 6.39 Å². The van der Waals surface area contributed by atoms with Gasteiger partial charge in [-0.1, -0.05) is 6.92 Å². The number of hydrogen-bond donors (Lipinski definition) is 0. The van der Waals surface area contributed by atoms with Crippen LogP contribution in [0.5, 0.6) is 0 Å². The molecule has 1 unspecified atom stereocenters. The van der Waals surface area contributed by atoms with E-state index in [1.54, 1.807) is 0 Å². The van der Waals surface area contributed by atoms with E-state index < -0.39 is 12.1 Å². The quantitative estimate of drug-likeness (QED) is 0.789. The van der Waals surface area contributed by atoms with E-state index >= 15 is 0 Å². The molecule has 0 bridgehead atoms. The third-order valence-corrected chi connectivity index (χ3v) is 2.92. The number of carbonyl (C=O) groups excluding carboxylic acids is 1. The largest absolute Gasteiger partial charge is 0.456 e. The number of oxazole rings is 1. The summed E-state index contributed by atoms with van der Waals surface area (Å²) in [5.74, 6) is -0.834. The number of esters is 1. The smallest absolute Gasteiger partial charge is 0.361 e. The molecular formula is C15H13FN2O3. The highest BCUT2D eigenvalue weighted by Crippen LogP contribution is 2.24. The Morgan fingerprint density at radius 2 is 2.19 bits per heavy atom. The maximum Gasteiger partial charge on any atom is 0.361 e. The fourth-order valence-corrected chi connectivity index (χ4v) is 1.78. The van der Waals surface area contributed by atoms with Crippen molar-refractivity contribution in [3.63, 3.8) is 0 Å². The summed E-state index contributed by atoms with van der Waals surface area (Å²) >= 11 is 0. The summed E-state index contributed by atoms with van der Waals surface area (Å²) in [5.41, 5.74) is 0.534. The van der Waals surface area contributed by atoms with Crippen LogP contribution in [0.2, 0.25) is 0 Å². The highest BCUT2D eigenvalue weighted by atomic mass is 19.1. The molecule has 0 spiro atoms. The van der Waals surface area contributed by atoms with Crippen molar-refractivity contribution >= 4 is 5.97 Å². The fourth-order valence-electron chi connectivity index (χ4n) is 1.78. The first-order chi connectivity index (χ1) is 10.2. The van der Waals surface area contributed by atoms with Gasteiger partial charge in [0, 0.05) is 5.56 Å². The van der Waals surface area contributed by atoms with Gasteiger partial charge in [-0.2, -0.15) is 5.26 Å². The SMILES string of the molecule is CCC(CC#N)OC(=O)c1ncoc1-c1ccc(F)cc1. The molecule has 2 rings (SSSR count). The van der Waals surface area contributed by atoms with Gasteiger partial charge in [-0.3, -0.25) is 0 Å². The Balaban J connectivity index is 2.22. The number of benzene rings is 1. The second-order valence-electron chi connectivity index (χ2n) is 4.33. The van der Waals surface area contributed by atoms with Crippen molar-refractivity contribution in [3.8, 4) is 17.4 Å². The topological polar surface area (TPSA) is 76.1 Å². The molecule has 5 nitrogen and oxygen atoms in total. The zero-order valence-electron chi connectivity index (χ0n) is 11.4. The van der Waals surface area contributed by atoms with Gasteiger partial charge in [0.25, 0.3) is 0 Å². The molecule has 1 aromatic heterocycles. The Bertz CT molecular complexity index is 658. The maximum atomic E-state index is 12.9. The predicted octanol–water partition coefficient (Wildman–Crippen LogP) is 3.33. The summed E-state index contributed by atoms with van der Waals surface area (Å²) in [6, 6.07) is 7.45. The van der Waals surface area contributed by atoms with E-state index in [1.807, 2.05) is 13.0 Å². The molecule has 6 heteroatoms. The Kier molecular flexibility index (Phi) is 4.67. The van der Waals surface area contributed by atoms with Gasteiger partial charge >= 0.3 is 5.97 Å². The van der Waals surface area contributed by atoms with Crippen LogP contribution in [0.15, 0.2) is 35.1 Å². The van der Waals surface area contributed by atoms with Gasteiger partial charge < -0.3 is 9.15 Å². The number of ether oxygens (including phenoxy) is 1. The average molecular weight is 288 g/mol. The van der Waals surface area contributed by atoms with Crippen molar-refractivity contribution in [2.24, 2.45) is 0 Å². The highest BCUT2D eigenvalue weighted by Gasteiger charge is 2.22. The lowest BCUT2D eigenvalue weighted by Gasteiger charge is -2.12. The summed E-state index contributed by atoms with van der Waals surface area (Å²) < 4.78 is 23.3. The van der Waals surface area contributed by atoms with E-state index in [4.69, 9.17) is 14.4 Å². The van der Waals surface area contributed by atoms with Crippen LogP contribution in [0, 0.1) is 17.1 Å². The van der Waals surface area contributed by atoms with E-state index in [1.165, 1.54) is 24.3 Å². The lowest BCUT2D eigenvalue weighted by molar-refractivity contribution is 0.0298. The van der Waals surface area contributed by atoms with Gasteiger partial charge in [-0.25, -0.2) is 14.2 Å². The number of hydrogen-bond acceptors (Lipinski definition) is 5. The molecule has 2 aromatic rings. The van der Waals surface area contributed by atoms with Crippen LogP contribution in [0.25, 0.3) is 11.3 Å². The molecule has 1 atom stereocenters. The van der Waals surface area contributed by atoms with Crippen LogP contribution < -0.4 is 0 Å². The molecule has 1 aromatic carbocycles. The first-order valence-corrected chi connectivity index (χ1v) is 6.43. The number of aromatic nitrogens is 1. The molecule has 0 radical (unpaired) electrons. The fraction of sp³-hybridized carbons (Fsp3) is 0.267. The van der Waals surface area contributed by atoms with Gasteiger partial charge in [0.05, 0.1) is 12.5 Å². The van der Waals surface area contributed by atoms with Crippen molar-refractivity contribution in [2.45, 2.75) is 25.9 Å². The molecular weight excluding hydrogens is 275 g/mol. The molecule has 21 heavy (non-hydrogen) atoms. The van der Waals surface area contributed by atoms with Gasteiger partial charge in [-0.05, 0) is 30.7 Å². The Labute approximate surface area is 121 Å². The third kappa shape index (κ3) is 3.45. The molecule has 1 heterocycles. The van der Waals surface area contributed by atoms with Crippen LogP contribution in [0.1, 0.15) is 30.3 Å². The number of nitriles is 1. The van der Waals surface area contributed by atoms with Crippen LogP contribution >= 0.6 is 0 Å². The Hall–Kier alpha value is -2.68. The van der Waals surface area contributed by atoms with Crippen molar-refractivity contribution < 1.29 is 18.3 Å². The van der Waals surface area contributed by atoms with Crippen molar-refractivity contribution in [1.82, 2.24) is 4.98 Å². The average Bonchev–Trinajstić information content (AvgIpc) is 2.97. The Morgan fingerprint density at radius 1 is 1.48 bits per heavy atom. The summed E-state index contributed by atoms with van der Waals surface area (Å²) in [4.78, 5) is 15.9. The van der Waals surface area contributed by atoms with E-state index in [0.29, 0.717) is 12.0 Å². The molecule has 0 amide bonds. The first kappa shape index (κ1) is 14.7. The minimum atomic E-state index is -0.662. The highest BCUT2D eigenvalue weighted by molar-refractivity contribution is 5.93. The van der Waals surface area contributed by atoms with E-state index in [-0.39, 0.29) is 23.7 Å². The summed E-state index contributed by atoms with van der Waals surface area (Å²) in [6.45, 7) is 1.82. The lowest BCUT2D eigenvalue weighted by atomic mass is 10.1. The Morgan fingerprint density at radius 3 is 2.81 bits per heavy atom. The molecule has 0 aliphatic carbocycles. The molecule has 0 aliphatic rings. The maximum absolute atomic E-state index is 12.9. The van der Waals surface area contributed by atoms with Crippen LogP contribution in [-0.4, -0.2) is 17.1 Å². The van der Waals surface area contributed by atoms with Crippen molar-refractivity contribution in [2.75, 3.05) is 0 Å². The minimum absolute atomic E-state index is 0.0120. The van der Waals surface area contributed by atoms with Gasteiger partial charge in [0.15, 0.2) is 17.8 Å². The molecule has 0 aliphatic heterocycles. The second kappa shape index (κ2) is 6.66. The first-order valence-electron chi connectivity index (χ1n) is 6.43. The molecule has 0 saturated carbocycles. The van der Waals surface area contributed by atoms with Crippen molar-refractivity contribution in [1.29, 1.82) is 5.26 Å². The van der Waals surface area contributed by atoms with Crippen molar-refractivity contribution in [3.05, 3.63) is 42.2 Å². The zero-order valence-corrected chi connectivity index (χ0v) is 11.4. The summed E-state index contributed by atoms with van der Waals surface area (Å²) in [7, 11) is 0. The predicted molar refractivity (Wildman–Crippen MR) is 71.6 cm³/mol. The minimum Gasteiger partial charge on any atom is -0.456 e. The normalized spacial score (nSPS) is 11.7. The standard InChI is InChI=1S/C15H13FN2O3/c1-2-12(7-8-17)21-15(19)13-14(20-9-18-13)10-3-5-11(16)6-4-10/h3-6,9,12H,2,7H2,1H3. The summed E-state index contributed by atoms with van der Waals surface area (Å²) in [6.07, 6.45) is 1.29. The van der Waals surface area contributed by atoms with Crippen LogP contribution in [-0.2, 0) is 4.74 Å². The number of rotatable bonds is 5. The number of carbonyl (C=O) groups is 1. The number of halogens is 1. The number of nitrogens with zero attached hydrogens (tertiary/aromatic N) is 2. The van der Waals surface area contributed by atoms with Gasteiger partial charge in [0.1, 0.15) is 11.9 Å². The molecule has 0 saturated heterocycles. The zero-order chi connectivity index (χ0) is 15.2. The monoisotopic (exact) mass is 288 g/mol. The third-order valence-electron chi connectivity index (χ3n) is 2.92. The van der Waals surface area contributed by atoms with Crippen LogP contribution in [0.4, 0.5) is 4.39 Å². The molecule has 108 valence electrons. The molecule has 0 N–H and O–H groups in total. The van der Waals surface area contributed by atoms with Gasteiger partial charge in [-0.15, -0.1) is 0 Å². The second-order valence-corrected chi connectivity index (χ2v) is 4.33.